The maximum absolute atomic E-state index is 7.78. The van der Waals surface area contributed by atoms with Crippen LogP contribution in [0.3, 0.4) is 0 Å². The topological polar surface area (TPSA) is 83.8 Å². The Labute approximate surface area is 164 Å². The van der Waals surface area contributed by atoms with Gasteiger partial charge in [-0.2, -0.15) is 0 Å². The van der Waals surface area contributed by atoms with Crippen molar-refractivity contribution in [3.8, 4) is 0 Å². The van der Waals surface area contributed by atoms with Crippen LogP contribution in [0.5, 0.6) is 0 Å². The SMILES string of the molecule is CCCCCCCCCNC(=N)NC(=N)NCc1ccccc1.Cl.Cl. The van der Waals surface area contributed by atoms with Crippen molar-refractivity contribution in [1.29, 1.82) is 10.8 Å². The Hall–Kier alpha value is -1.46. The van der Waals surface area contributed by atoms with Gasteiger partial charge in [0.25, 0.3) is 0 Å². The summed E-state index contributed by atoms with van der Waals surface area (Å²) in [5, 5.41) is 24.2. The summed E-state index contributed by atoms with van der Waals surface area (Å²) in [5.74, 6) is 0.326. The van der Waals surface area contributed by atoms with Gasteiger partial charge in [-0.05, 0) is 12.0 Å². The van der Waals surface area contributed by atoms with Gasteiger partial charge in [0.05, 0.1) is 0 Å². The number of hydrogen-bond acceptors (Lipinski definition) is 2. The molecule has 5 N–H and O–H groups in total. The van der Waals surface area contributed by atoms with E-state index in [1.165, 1.54) is 38.5 Å². The summed E-state index contributed by atoms with van der Waals surface area (Å²) in [6, 6.07) is 9.92. The van der Waals surface area contributed by atoms with Crippen molar-refractivity contribution in [3.05, 3.63) is 35.9 Å². The van der Waals surface area contributed by atoms with Crippen LogP contribution in [0.1, 0.15) is 57.4 Å². The molecule has 25 heavy (non-hydrogen) atoms. The molecule has 0 unspecified atom stereocenters. The van der Waals surface area contributed by atoms with Crippen LogP contribution in [0.4, 0.5) is 0 Å². The maximum atomic E-state index is 7.78. The Kier molecular flexibility index (Phi) is 17.9. The molecule has 0 aliphatic carbocycles. The molecular formula is C18H33Cl2N5. The fraction of sp³-hybridized carbons (Fsp3) is 0.556. The molecule has 0 atom stereocenters. The van der Waals surface area contributed by atoms with Crippen molar-refractivity contribution in [2.45, 2.75) is 58.4 Å². The van der Waals surface area contributed by atoms with Gasteiger partial charge in [0.2, 0.25) is 0 Å². The van der Waals surface area contributed by atoms with Gasteiger partial charge in [-0.1, -0.05) is 75.8 Å². The molecule has 0 radical (unpaired) electrons. The minimum Gasteiger partial charge on any atom is -0.356 e. The van der Waals surface area contributed by atoms with Crippen LogP contribution >= 0.6 is 24.8 Å². The third-order valence-corrected chi connectivity index (χ3v) is 3.64. The van der Waals surface area contributed by atoms with E-state index >= 15 is 0 Å². The molecule has 1 rings (SSSR count). The highest BCUT2D eigenvalue weighted by Crippen LogP contribution is 2.06. The third kappa shape index (κ3) is 14.6. The molecule has 0 saturated heterocycles. The molecule has 0 bridgehead atoms. The molecule has 144 valence electrons. The molecule has 0 spiro atoms. The van der Waals surface area contributed by atoms with Gasteiger partial charge in [0, 0.05) is 13.1 Å². The Morgan fingerprint density at radius 2 is 1.36 bits per heavy atom. The van der Waals surface area contributed by atoms with E-state index in [2.05, 4.69) is 22.9 Å². The van der Waals surface area contributed by atoms with E-state index in [0.717, 1.165) is 18.5 Å². The normalized spacial score (nSPS) is 9.32. The Morgan fingerprint density at radius 1 is 0.800 bits per heavy atom. The second-order valence-corrected chi connectivity index (χ2v) is 5.76. The second-order valence-electron chi connectivity index (χ2n) is 5.76. The summed E-state index contributed by atoms with van der Waals surface area (Å²) in [6.07, 6.45) is 8.83. The maximum Gasteiger partial charge on any atom is 0.195 e. The number of hydrogen-bond donors (Lipinski definition) is 5. The summed E-state index contributed by atoms with van der Waals surface area (Å²) in [7, 11) is 0. The highest BCUT2D eigenvalue weighted by Gasteiger charge is 2.00. The Bertz CT molecular complexity index is 454. The predicted molar refractivity (Wildman–Crippen MR) is 112 cm³/mol. The molecule has 0 aliphatic heterocycles. The van der Waals surface area contributed by atoms with Gasteiger partial charge in [-0.15, -0.1) is 24.8 Å². The van der Waals surface area contributed by atoms with Crippen LogP contribution in [0.2, 0.25) is 0 Å². The molecule has 0 saturated carbocycles. The molecule has 0 amide bonds. The van der Waals surface area contributed by atoms with Gasteiger partial charge in [-0.3, -0.25) is 16.1 Å². The molecule has 0 aromatic heterocycles. The quantitative estimate of drug-likeness (QED) is 0.233. The number of halogens is 2. The summed E-state index contributed by atoms with van der Waals surface area (Å²) >= 11 is 0. The third-order valence-electron chi connectivity index (χ3n) is 3.64. The zero-order valence-electron chi connectivity index (χ0n) is 15.1. The standard InChI is InChI=1S/C18H31N5.2ClH/c1-2-3-4-5-6-7-11-14-21-17(19)23-18(20)22-15-16-12-9-8-10-13-16;;/h8-10,12-13H,2-7,11,14-15H2,1H3,(H5,19,20,21,22,23);2*1H. The first-order valence-corrected chi connectivity index (χ1v) is 8.68. The lowest BCUT2D eigenvalue weighted by Crippen LogP contribution is -2.45. The average Bonchev–Trinajstić information content (AvgIpc) is 2.56. The number of nitrogens with one attached hydrogen (secondary N) is 5. The summed E-state index contributed by atoms with van der Waals surface area (Å²) < 4.78 is 0. The molecule has 5 nitrogen and oxygen atoms in total. The fourth-order valence-electron chi connectivity index (χ4n) is 2.30. The van der Waals surface area contributed by atoms with Crippen molar-refractivity contribution in [2.75, 3.05) is 6.54 Å². The van der Waals surface area contributed by atoms with E-state index in [4.69, 9.17) is 10.8 Å². The van der Waals surface area contributed by atoms with E-state index in [1.54, 1.807) is 0 Å². The number of guanidine groups is 2. The monoisotopic (exact) mass is 389 g/mol. The van der Waals surface area contributed by atoms with E-state index in [9.17, 15) is 0 Å². The van der Waals surface area contributed by atoms with E-state index in [0.29, 0.717) is 6.54 Å². The Morgan fingerprint density at radius 3 is 2.00 bits per heavy atom. The molecular weight excluding hydrogens is 357 g/mol. The summed E-state index contributed by atoms with van der Waals surface area (Å²) in [6.45, 7) is 3.60. The van der Waals surface area contributed by atoms with Crippen molar-refractivity contribution in [2.24, 2.45) is 0 Å². The fourth-order valence-corrected chi connectivity index (χ4v) is 2.30. The van der Waals surface area contributed by atoms with Gasteiger partial charge < -0.3 is 10.6 Å². The summed E-state index contributed by atoms with van der Waals surface area (Å²) in [5.41, 5.74) is 1.11. The molecule has 7 heteroatoms. The van der Waals surface area contributed by atoms with Crippen molar-refractivity contribution in [3.63, 3.8) is 0 Å². The summed E-state index contributed by atoms with van der Waals surface area (Å²) in [4.78, 5) is 0. The minimum absolute atomic E-state index is 0. The lowest BCUT2D eigenvalue weighted by atomic mass is 10.1. The molecule has 0 aliphatic rings. The van der Waals surface area contributed by atoms with Gasteiger partial charge in [-0.25, -0.2) is 0 Å². The van der Waals surface area contributed by atoms with Gasteiger partial charge in [0.15, 0.2) is 11.9 Å². The van der Waals surface area contributed by atoms with Crippen molar-refractivity contribution >= 4 is 36.7 Å². The highest BCUT2D eigenvalue weighted by molar-refractivity contribution is 5.95. The smallest absolute Gasteiger partial charge is 0.195 e. The van der Waals surface area contributed by atoms with E-state index < -0.39 is 0 Å². The van der Waals surface area contributed by atoms with E-state index in [1.807, 2.05) is 30.3 Å². The van der Waals surface area contributed by atoms with Crippen molar-refractivity contribution in [1.82, 2.24) is 16.0 Å². The largest absolute Gasteiger partial charge is 0.356 e. The molecule has 1 aromatic carbocycles. The van der Waals surface area contributed by atoms with Gasteiger partial charge in [0.1, 0.15) is 0 Å². The molecule has 0 fully saturated rings. The first-order chi connectivity index (χ1) is 11.2. The van der Waals surface area contributed by atoms with Crippen LogP contribution in [0.15, 0.2) is 30.3 Å². The number of rotatable bonds is 10. The average molecular weight is 390 g/mol. The van der Waals surface area contributed by atoms with Crippen LogP contribution < -0.4 is 16.0 Å². The first-order valence-electron chi connectivity index (χ1n) is 8.68. The van der Waals surface area contributed by atoms with Crippen molar-refractivity contribution < 1.29 is 0 Å². The lowest BCUT2D eigenvalue weighted by Gasteiger charge is -2.12. The van der Waals surface area contributed by atoms with Crippen LogP contribution in [0, 0.1) is 10.8 Å². The number of unbranched alkanes of at least 4 members (excludes halogenated alkanes) is 6. The van der Waals surface area contributed by atoms with Crippen LogP contribution in [0.25, 0.3) is 0 Å². The number of benzene rings is 1. The van der Waals surface area contributed by atoms with Gasteiger partial charge >= 0.3 is 0 Å². The predicted octanol–water partition coefficient (Wildman–Crippen LogP) is 4.42. The molecule has 1 aromatic rings. The Balaban J connectivity index is 0. The van der Waals surface area contributed by atoms with Crippen LogP contribution in [-0.4, -0.2) is 18.5 Å². The minimum atomic E-state index is 0. The second kappa shape index (κ2) is 17.4. The highest BCUT2D eigenvalue weighted by atomic mass is 35.5. The molecule has 0 heterocycles. The van der Waals surface area contributed by atoms with E-state index in [-0.39, 0.29) is 36.7 Å². The first kappa shape index (κ1) is 25.8. The zero-order valence-corrected chi connectivity index (χ0v) is 16.7. The van der Waals surface area contributed by atoms with Crippen LogP contribution in [-0.2, 0) is 6.54 Å². The zero-order chi connectivity index (χ0) is 16.8. The lowest BCUT2D eigenvalue weighted by molar-refractivity contribution is 0.584.